The highest BCUT2D eigenvalue weighted by Gasteiger charge is 2.19. The van der Waals surface area contributed by atoms with Gasteiger partial charge in [0.2, 0.25) is 0 Å². The largest absolute Gasteiger partial charge is 0.462 e. The van der Waals surface area contributed by atoms with Gasteiger partial charge in [0.15, 0.2) is 0 Å². The molecule has 0 atom stereocenters. The lowest BCUT2D eigenvalue weighted by atomic mass is 10.1. The van der Waals surface area contributed by atoms with E-state index in [1.54, 1.807) is 49.4 Å². The Labute approximate surface area is 136 Å². The van der Waals surface area contributed by atoms with Crippen molar-refractivity contribution in [1.29, 1.82) is 0 Å². The summed E-state index contributed by atoms with van der Waals surface area (Å²) in [5.41, 5.74) is 1.41. The Hall–Kier alpha value is -2.62. The molecule has 0 heterocycles. The molecule has 120 valence electrons. The molecule has 4 nitrogen and oxygen atoms in total. The molecule has 0 aliphatic carbocycles. The molecule has 0 fully saturated rings. The summed E-state index contributed by atoms with van der Waals surface area (Å²) in [6.45, 7) is 4.17. The highest BCUT2D eigenvalue weighted by atomic mass is 16.5. The molecule has 0 aromatic heterocycles. The van der Waals surface area contributed by atoms with E-state index >= 15 is 0 Å². The van der Waals surface area contributed by atoms with Crippen LogP contribution >= 0.6 is 0 Å². The minimum absolute atomic E-state index is 0.253. The molecule has 2 aromatic carbocycles. The van der Waals surface area contributed by atoms with E-state index in [1.807, 2.05) is 13.0 Å². The van der Waals surface area contributed by atoms with Crippen molar-refractivity contribution in [2.45, 2.75) is 26.7 Å². The van der Waals surface area contributed by atoms with Crippen molar-refractivity contribution in [2.24, 2.45) is 0 Å². The van der Waals surface area contributed by atoms with E-state index in [0.717, 1.165) is 12.8 Å². The van der Waals surface area contributed by atoms with Gasteiger partial charge in [0.05, 0.1) is 12.2 Å². The van der Waals surface area contributed by atoms with E-state index in [0.29, 0.717) is 17.7 Å². The van der Waals surface area contributed by atoms with Gasteiger partial charge in [-0.1, -0.05) is 43.7 Å². The normalized spacial score (nSPS) is 10.2. The number of unbranched alkanes of at least 4 members (excludes halogenated alkanes) is 1. The predicted molar refractivity (Wildman–Crippen MR) is 87.8 cm³/mol. The van der Waals surface area contributed by atoms with Crippen molar-refractivity contribution in [3.05, 3.63) is 65.2 Å². The number of hydrogen-bond acceptors (Lipinski definition) is 4. The second-order valence-corrected chi connectivity index (χ2v) is 5.20. The third-order valence-electron chi connectivity index (χ3n) is 3.37. The molecule has 0 saturated heterocycles. The van der Waals surface area contributed by atoms with Crippen molar-refractivity contribution in [3.63, 3.8) is 0 Å². The summed E-state index contributed by atoms with van der Waals surface area (Å²) >= 11 is 0. The van der Waals surface area contributed by atoms with Crippen molar-refractivity contribution in [1.82, 2.24) is 0 Å². The minimum Gasteiger partial charge on any atom is -0.462 e. The summed E-state index contributed by atoms with van der Waals surface area (Å²) in [5, 5.41) is 0. The number of benzene rings is 2. The Kier molecular flexibility index (Phi) is 5.92. The summed E-state index contributed by atoms with van der Waals surface area (Å²) in [4.78, 5) is 24.4. The van der Waals surface area contributed by atoms with Crippen molar-refractivity contribution < 1.29 is 19.1 Å². The summed E-state index contributed by atoms with van der Waals surface area (Å²) in [6.07, 6.45) is 1.74. The van der Waals surface area contributed by atoms with Crippen molar-refractivity contribution >= 4 is 11.9 Å². The van der Waals surface area contributed by atoms with Gasteiger partial charge in [0, 0.05) is 0 Å². The van der Waals surface area contributed by atoms with Gasteiger partial charge in [0.25, 0.3) is 0 Å². The molecule has 0 aliphatic heterocycles. The molecule has 0 aliphatic rings. The van der Waals surface area contributed by atoms with Gasteiger partial charge in [-0.05, 0) is 37.1 Å². The molecule has 23 heavy (non-hydrogen) atoms. The molecule has 2 aromatic rings. The number of hydrogen-bond donors (Lipinski definition) is 0. The first-order valence-electron chi connectivity index (χ1n) is 7.67. The van der Waals surface area contributed by atoms with E-state index in [2.05, 4.69) is 0 Å². The Morgan fingerprint density at radius 2 is 1.70 bits per heavy atom. The number of para-hydroxylation sites is 1. The number of esters is 2. The number of aryl methyl sites for hydroxylation is 1. The Morgan fingerprint density at radius 3 is 2.39 bits per heavy atom. The van der Waals surface area contributed by atoms with Crippen LogP contribution in [0.15, 0.2) is 48.5 Å². The zero-order valence-corrected chi connectivity index (χ0v) is 13.4. The molecule has 0 N–H and O–H groups in total. The van der Waals surface area contributed by atoms with E-state index in [-0.39, 0.29) is 11.3 Å². The molecule has 0 radical (unpaired) electrons. The average molecular weight is 312 g/mol. The summed E-state index contributed by atoms with van der Waals surface area (Å²) in [5.74, 6) is -0.719. The number of rotatable bonds is 6. The Morgan fingerprint density at radius 1 is 0.957 bits per heavy atom. The third kappa shape index (κ3) is 4.42. The third-order valence-corrected chi connectivity index (χ3v) is 3.37. The van der Waals surface area contributed by atoms with Crippen LogP contribution in [0.1, 0.15) is 46.0 Å². The SMILES string of the molecule is CCCCOC(=O)c1cccc(C)c1OC(=O)c1ccccc1. The van der Waals surface area contributed by atoms with Gasteiger partial charge >= 0.3 is 11.9 Å². The molecule has 0 spiro atoms. The van der Waals surface area contributed by atoms with Gasteiger partial charge in [-0.2, -0.15) is 0 Å². The van der Waals surface area contributed by atoms with Crippen LogP contribution in [0.3, 0.4) is 0 Å². The molecule has 0 bridgehead atoms. The first-order valence-corrected chi connectivity index (χ1v) is 7.67. The standard InChI is InChI=1S/C19H20O4/c1-3-4-13-22-19(21)16-12-8-9-14(2)17(16)23-18(20)15-10-6-5-7-11-15/h5-12H,3-4,13H2,1-2H3. The first-order chi connectivity index (χ1) is 11.1. The van der Waals surface area contributed by atoms with Gasteiger partial charge < -0.3 is 9.47 Å². The van der Waals surface area contributed by atoms with Crippen LogP contribution in [0.5, 0.6) is 5.75 Å². The van der Waals surface area contributed by atoms with Crippen LogP contribution < -0.4 is 4.74 Å². The van der Waals surface area contributed by atoms with Crippen LogP contribution in [0.25, 0.3) is 0 Å². The molecule has 0 amide bonds. The van der Waals surface area contributed by atoms with E-state index in [1.165, 1.54) is 0 Å². The summed E-state index contributed by atoms with van der Waals surface area (Å²) in [6, 6.07) is 13.8. The second-order valence-electron chi connectivity index (χ2n) is 5.20. The van der Waals surface area contributed by atoms with E-state index < -0.39 is 11.9 Å². The van der Waals surface area contributed by atoms with Gasteiger partial charge in [-0.15, -0.1) is 0 Å². The maximum atomic E-state index is 12.2. The van der Waals surface area contributed by atoms with E-state index in [4.69, 9.17) is 9.47 Å². The second kappa shape index (κ2) is 8.13. The van der Waals surface area contributed by atoms with Crippen LogP contribution in [0.4, 0.5) is 0 Å². The average Bonchev–Trinajstić information content (AvgIpc) is 2.57. The topological polar surface area (TPSA) is 52.6 Å². The smallest absolute Gasteiger partial charge is 0.343 e. The highest BCUT2D eigenvalue weighted by molar-refractivity contribution is 5.96. The minimum atomic E-state index is -0.498. The van der Waals surface area contributed by atoms with Crippen LogP contribution in [0.2, 0.25) is 0 Å². The maximum Gasteiger partial charge on any atom is 0.343 e. The lowest BCUT2D eigenvalue weighted by molar-refractivity contribution is 0.0494. The van der Waals surface area contributed by atoms with Gasteiger partial charge in [-0.3, -0.25) is 0 Å². The number of ether oxygens (including phenoxy) is 2. The molecular weight excluding hydrogens is 292 g/mol. The van der Waals surface area contributed by atoms with Gasteiger partial charge in [-0.25, -0.2) is 9.59 Å². The summed E-state index contributed by atoms with van der Waals surface area (Å²) in [7, 11) is 0. The zero-order chi connectivity index (χ0) is 16.7. The van der Waals surface area contributed by atoms with Gasteiger partial charge in [0.1, 0.15) is 11.3 Å². The van der Waals surface area contributed by atoms with Crippen LogP contribution in [-0.4, -0.2) is 18.5 Å². The fourth-order valence-corrected chi connectivity index (χ4v) is 2.06. The number of carbonyl (C=O) groups excluding carboxylic acids is 2. The van der Waals surface area contributed by atoms with E-state index in [9.17, 15) is 9.59 Å². The monoisotopic (exact) mass is 312 g/mol. The Bertz CT molecular complexity index is 677. The molecular formula is C19H20O4. The van der Waals surface area contributed by atoms with Crippen molar-refractivity contribution in [3.8, 4) is 5.75 Å². The lowest BCUT2D eigenvalue weighted by Crippen LogP contribution is -2.14. The Balaban J connectivity index is 2.21. The molecule has 0 saturated carbocycles. The summed E-state index contributed by atoms with van der Waals surface area (Å²) < 4.78 is 10.7. The van der Waals surface area contributed by atoms with Crippen LogP contribution in [-0.2, 0) is 4.74 Å². The number of carbonyl (C=O) groups is 2. The quantitative estimate of drug-likeness (QED) is 0.456. The predicted octanol–water partition coefficient (Wildman–Crippen LogP) is 4.17. The fraction of sp³-hybridized carbons (Fsp3) is 0.263. The molecule has 4 heteroatoms. The fourth-order valence-electron chi connectivity index (χ4n) is 2.06. The van der Waals surface area contributed by atoms with Crippen molar-refractivity contribution in [2.75, 3.05) is 6.61 Å². The molecule has 2 rings (SSSR count). The lowest BCUT2D eigenvalue weighted by Gasteiger charge is -2.12. The maximum absolute atomic E-state index is 12.2. The zero-order valence-electron chi connectivity index (χ0n) is 13.4. The highest BCUT2D eigenvalue weighted by Crippen LogP contribution is 2.25. The van der Waals surface area contributed by atoms with Crippen LogP contribution in [0, 0.1) is 6.92 Å². The molecule has 0 unspecified atom stereocenters. The first kappa shape index (κ1) is 16.7.